The molecule has 5 amide bonds. The highest BCUT2D eigenvalue weighted by Gasteiger charge is 2.34. The van der Waals surface area contributed by atoms with Crippen molar-refractivity contribution in [2.75, 3.05) is 26.2 Å². The van der Waals surface area contributed by atoms with Gasteiger partial charge in [0.15, 0.2) is 29.1 Å². The smallest absolute Gasteiger partial charge is 0.224 e. The van der Waals surface area contributed by atoms with Gasteiger partial charge in [-0.05, 0) is 107 Å². The van der Waals surface area contributed by atoms with E-state index in [4.69, 9.17) is 28.7 Å². The normalized spacial score (nSPS) is 13.5. The summed E-state index contributed by atoms with van der Waals surface area (Å²) in [6, 6.07) is 2.93. The molecule has 0 radical (unpaired) electrons. The van der Waals surface area contributed by atoms with Crippen LogP contribution in [0.25, 0.3) is 0 Å². The highest BCUT2D eigenvalue weighted by Crippen LogP contribution is 2.23. The average molecular weight is 1140 g/mol. The van der Waals surface area contributed by atoms with Crippen LogP contribution in [0.4, 0.5) is 0 Å². The first-order valence-corrected chi connectivity index (χ1v) is 30.5. The van der Waals surface area contributed by atoms with Crippen molar-refractivity contribution in [2.24, 2.45) is 57.3 Å². The Morgan fingerprint density at radius 2 is 1.01 bits per heavy atom. The topological polar surface area (TPSA) is 364 Å². The summed E-state index contributed by atoms with van der Waals surface area (Å²) in [7, 11) is 0. The Bertz CT molecular complexity index is 2050. The Labute approximate surface area is 484 Å². The highest BCUT2D eigenvalue weighted by molar-refractivity contribution is 5.97. The van der Waals surface area contributed by atoms with Crippen LogP contribution in [0.1, 0.15) is 219 Å². The van der Waals surface area contributed by atoms with Gasteiger partial charge in [0.2, 0.25) is 29.5 Å². The number of amides is 5. The molecule has 0 unspecified atom stereocenters. The first-order valence-electron chi connectivity index (χ1n) is 30.5. The van der Waals surface area contributed by atoms with E-state index in [9.17, 15) is 48.3 Å². The second kappa shape index (κ2) is 44.8. The number of rotatable bonds is 51. The molecule has 0 saturated heterocycles. The molecule has 6 atom stereocenters. The second-order valence-corrected chi connectivity index (χ2v) is 22.5. The predicted octanol–water partition coefficient (Wildman–Crippen LogP) is 6.32. The number of aromatic hydroxyl groups is 1. The number of nitrogens with one attached hydrogen (secondary N) is 4. The molecule has 0 aliphatic carbocycles. The fourth-order valence-corrected chi connectivity index (χ4v) is 9.93. The zero-order valence-electron chi connectivity index (χ0n) is 49.8. The van der Waals surface area contributed by atoms with Crippen LogP contribution in [0.2, 0.25) is 0 Å². The third-order valence-corrected chi connectivity index (χ3v) is 14.7. The zero-order chi connectivity index (χ0) is 60.4. The van der Waals surface area contributed by atoms with Crippen molar-refractivity contribution < 1.29 is 48.3 Å². The highest BCUT2D eigenvalue weighted by atomic mass is 16.3. The van der Waals surface area contributed by atoms with Gasteiger partial charge in [0.05, 0.1) is 24.7 Å². The number of phenolic OH excluding ortho intramolecular Hbond substituents is 1. The van der Waals surface area contributed by atoms with Gasteiger partial charge in [-0.2, -0.15) is 0 Å². The number of aliphatic imine (C=N–C) groups is 1. The molecule has 0 spiro atoms. The van der Waals surface area contributed by atoms with Crippen molar-refractivity contribution in [2.45, 2.75) is 238 Å². The quantitative estimate of drug-likeness (QED) is 0.0194. The number of primary amides is 1. The van der Waals surface area contributed by atoms with Gasteiger partial charge in [-0.3, -0.25) is 48.1 Å². The lowest BCUT2D eigenvalue weighted by molar-refractivity contribution is -0.136. The molecule has 0 fully saturated rings. The molecule has 15 N–H and O–H groups in total. The molecule has 1 aromatic rings. The van der Waals surface area contributed by atoms with E-state index in [0.29, 0.717) is 63.6 Å². The number of hydrogen-bond donors (Lipinski definition) is 10. The van der Waals surface area contributed by atoms with Crippen molar-refractivity contribution in [1.29, 1.82) is 0 Å². The van der Waals surface area contributed by atoms with Crippen molar-refractivity contribution in [1.82, 2.24) is 21.3 Å². The van der Waals surface area contributed by atoms with Crippen LogP contribution in [-0.2, 0) is 49.6 Å². The number of hydrogen-bond acceptors (Lipinski definition) is 13. The molecule has 1 rings (SSSR count). The van der Waals surface area contributed by atoms with Gasteiger partial charge in [0.25, 0.3) is 0 Å². The van der Waals surface area contributed by atoms with Gasteiger partial charge >= 0.3 is 0 Å². The maximum absolute atomic E-state index is 14.4. The summed E-state index contributed by atoms with van der Waals surface area (Å²) < 4.78 is 0. The van der Waals surface area contributed by atoms with Gasteiger partial charge in [0.1, 0.15) is 5.75 Å². The molecule has 0 heterocycles. The molecule has 1 aromatic carbocycles. The van der Waals surface area contributed by atoms with Crippen LogP contribution in [0.15, 0.2) is 29.3 Å². The molecule has 0 saturated carbocycles. The average Bonchev–Trinajstić information content (AvgIpc) is 3.42. The monoisotopic (exact) mass is 1140 g/mol. The molecular weight excluding hydrogens is 1030 g/mol. The van der Waals surface area contributed by atoms with Crippen molar-refractivity contribution in [3.63, 3.8) is 0 Å². The third kappa shape index (κ3) is 35.7. The minimum atomic E-state index is -1.31. The Morgan fingerprint density at radius 3 is 1.53 bits per heavy atom. The minimum Gasteiger partial charge on any atom is -0.508 e. The van der Waals surface area contributed by atoms with Gasteiger partial charge in [0, 0.05) is 62.8 Å². The summed E-state index contributed by atoms with van der Waals surface area (Å²) in [5.41, 5.74) is 28.7. The Morgan fingerprint density at radius 1 is 0.531 bits per heavy atom. The predicted molar refractivity (Wildman–Crippen MR) is 319 cm³/mol. The summed E-state index contributed by atoms with van der Waals surface area (Å²) in [5, 5.41) is 21.2. The Kier molecular flexibility index (Phi) is 40.6. The number of carbonyl (C=O) groups excluding carboxylic acids is 9. The Balaban J connectivity index is 3.27. The van der Waals surface area contributed by atoms with Crippen LogP contribution >= 0.6 is 0 Å². The van der Waals surface area contributed by atoms with E-state index in [0.717, 1.165) is 19.3 Å². The van der Waals surface area contributed by atoms with E-state index in [1.165, 1.54) is 69.9 Å². The van der Waals surface area contributed by atoms with Gasteiger partial charge < -0.3 is 55.0 Å². The standard InChI is InChI=1S/C61H106N10O10/c1-5-7-8-9-10-11-12-13-14-15-16-17-18-27-57(78)68-42-49(73)39-47(38-44-28-30-48(72)31-29-44)60(81)71-52(32-33-56(64)77)54(75)40-45(24-19-21-34-62)58(79)70-51(25-20-22-35-63)55(76)41-46(37-43(3)4)59(80)69-50(53(74)6-2)26-23-36-67-61(65)66/h28-31,43,45-47,50-52,72H,5-27,32-42,62-63H2,1-4H3,(H2,64,77)(H,68,78)(H,69,80)(H,70,79)(H,71,81)(H4,65,66,67)/t45-,46-,47-,50+,51+,52+/m1/s1. The van der Waals surface area contributed by atoms with Crippen LogP contribution in [0, 0.1) is 23.7 Å². The number of phenols is 1. The van der Waals surface area contributed by atoms with E-state index in [-0.39, 0.29) is 107 Å². The van der Waals surface area contributed by atoms with Crippen molar-refractivity contribution >= 4 is 58.6 Å². The second-order valence-electron chi connectivity index (χ2n) is 22.5. The SMILES string of the molecule is CCCCCCCCCCCCCCCC(=O)NCC(=O)C[C@@H](Cc1ccc(O)cc1)C(=O)N[C@@H](CCC(N)=O)C(=O)C[C@@H](CCCCN)C(=O)N[C@@H](CCCCN)C(=O)C[C@@H](CC(C)C)C(=O)N[C@@H](CCCN=C(N)N)C(=O)CC. The maximum atomic E-state index is 14.4. The molecule has 81 heavy (non-hydrogen) atoms. The van der Waals surface area contributed by atoms with E-state index >= 15 is 0 Å². The lowest BCUT2D eigenvalue weighted by Crippen LogP contribution is -2.48. The third-order valence-electron chi connectivity index (χ3n) is 14.7. The zero-order valence-corrected chi connectivity index (χ0v) is 49.8. The van der Waals surface area contributed by atoms with Gasteiger partial charge in [-0.15, -0.1) is 0 Å². The molecule has 20 heteroatoms. The first kappa shape index (κ1) is 73.3. The minimum absolute atomic E-state index is 0.00284. The number of ketones is 4. The summed E-state index contributed by atoms with van der Waals surface area (Å²) in [5.74, 6) is -7.31. The largest absolute Gasteiger partial charge is 0.508 e. The molecule has 0 bridgehead atoms. The summed E-state index contributed by atoms with van der Waals surface area (Å²) in [6.07, 6.45) is 17.7. The van der Waals surface area contributed by atoms with E-state index < -0.39 is 83.3 Å². The van der Waals surface area contributed by atoms with Crippen LogP contribution in [-0.4, -0.2) is 108 Å². The molecule has 0 aliphatic rings. The van der Waals surface area contributed by atoms with Crippen LogP contribution in [0.5, 0.6) is 5.75 Å². The van der Waals surface area contributed by atoms with Gasteiger partial charge in [-0.25, -0.2) is 0 Å². The van der Waals surface area contributed by atoms with E-state index in [1.807, 2.05) is 13.8 Å². The number of benzene rings is 1. The number of carbonyl (C=O) groups is 9. The number of Topliss-reactive ketones (excluding diaryl/α,β-unsaturated/α-hetero) is 4. The van der Waals surface area contributed by atoms with E-state index in [2.05, 4.69) is 33.2 Å². The van der Waals surface area contributed by atoms with Crippen LogP contribution in [0.3, 0.4) is 0 Å². The fraction of sp³-hybridized carbons (Fsp3) is 0.738. The van der Waals surface area contributed by atoms with Crippen LogP contribution < -0.4 is 49.9 Å². The number of nitrogens with zero attached hydrogens (tertiary/aromatic N) is 1. The molecule has 460 valence electrons. The number of guanidine groups is 1. The fourth-order valence-electron chi connectivity index (χ4n) is 9.93. The Hall–Kier alpha value is -5.76. The summed E-state index contributed by atoms with van der Waals surface area (Å²) >= 11 is 0. The van der Waals surface area contributed by atoms with E-state index in [1.54, 1.807) is 19.1 Å². The van der Waals surface area contributed by atoms with Crippen molar-refractivity contribution in [3.05, 3.63) is 29.8 Å². The van der Waals surface area contributed by atoms with Gasteiger partial charge in [-0.1, -0.05) is 123 Å². The maximum Gasteiger partial charge on any atom is 0.224 e. The lowest BCUT2D eigenvalue weighted by atomic mass is 9.87. The number of unbranched alkanes of at least 4 members (excludes halogenated alkanes) is 14. The lowest BCUT2D eigenvalue weighted by Gasteiger charge is -2.27. The number of nitrogens with two attached hydrogens (primary N) is 5. The summed E-state index contributed by atoms with van der Waals surface area (Å²) in [4.78, 5) is 127. The molecule has 0 aromatic heterocycles. The molecular formula is C61H106N10O10. The molecule has 0 aliphatic heterocycles. The summed E-state index contributed by atoms with van der Waals surface area (Å²) in [6.45, 7) is 8.35. The van der Waals surface area contributed by atoms with Crippen molar-refractivity contribution in [3.8, 4) is 5.75 Å². The molecule has 20 nitrogen and oxygen atoms in total. The first-order chi connectivity index (χ1) is 38.7.